The molecule has 0 spiro atoms. The highest BCUT2D eigenvalue weighted by atomic mass is 16.5. The van der Waals surface area contributed by atoms with Crippen molar-refractivity contribution in [2.45, 2.75) is 20.3 Å². The van der Waals surface area contributed by atoms with E-state index < -0.39 is 0 Å². The van der Waals surface area contributed by atoms with Crippen LogP contribution in [0.4, 0.5) is 11.8 Å². The highest BCUT2D eigenvalue weighted by molar-refractivity contribution is 5.88. The van der Waals surface area contributed by atoms with Gasteiger partial charge in [0.1, 0.15) is 11.2 Å². The van der Waals surface area contributed by atoms with Crippen LogP contribution in [0.2, 0.25) is 0 Å². The molecule has 2 rings (SSSR count). The second-order valence-electron chi connectivity index (χ2n) is 4.14. The molecule has 0 saturated carbocycles. The molecule has 0 amide bonds. The topological polar surface area (TPSA) is 67.1 Å². The molecule has 0 atom stereocenters. The van der Waals surface area contributed by atoms with Gasteiger partial charge in [-0.05, 0) is 13.3 Å². The molecule has 0 fully saturated rings. The molecular weight excluding hydrogens is 218 g/mol. The molecule has 0 aliphatic carbocycles. The highest BCUT2D eigenvalue weighted by Crippen LogP contribution is 2.25. The Hall–Kier alpha value is -1.85. The van der Waals surface area contributed by atoms with Crippen LogP contribution < -0.4 is 10.2 Å². The number of hydrogen-bond acceptors (Lipinski definition) is 6. The van der Waals surface area contributed by atoms with Crippen LogP contribution in [0, 0.1) is 6.92 Å². The van der Waals surface area contributed by atoms with Crippen LogP contribution in [0.3, 0.4) is 0 Å². The lowest BCUT2D eigenvalue weighted by Gasteiger charge is -2.12. The maximum Gasteiger partial charge on any atom is 0.264 e. The van der Waals surface area contributed by atoms with Crippen LogP contribution in [0.1, 0.15) is 19.0 Å². The van der Waals surface area contributed by atoms with Gasteiger partial charge in [-0.2, -0.15) is 9.97 Å². The van der Waals surface area contributed by atoms with Crippen LogP contribution in [0.25, 0.3) is 11.1 Å². The Balaban J connectivity index is 2.54. The summed E-state index contributed by atoms with van der Waals surface area (Å²) in [5.74, 6) is 1.41. The normalized spacial score (nSPS) is 10.8. The quantitative estimate of drug-likeness (QED) is 0.871. The minimum atomic E-state index is 0.528. The standard InChI is InChI=1S/C11H17N5O/c1-5-6-12-9-8-7(2)15-17-10(8)14-11(13-9)16(3)4/h5-6H2,1-4H3,(H,12,13,14). The maximum atomic E-state index is 5.19. The Labute approximate surface area is 100 Å². The van der Waals surface area contributed by atoms with Crippen LogP contribution >= 0.6 is 0 Å². The lowest BCUT2D eigenvalue weighted by Crippen LogP contribution is -2.14. The summed E-state index contributed by atoms with van der Waals surface area (Å²) < 4.78 is 5.19. The van der Waals surface area contributed by atoms with E-state index in [1.165, 1.54) is 0 Å². The molecule has 0 saturated heterocycles. The largest absolute Gasteiger partial charge is 0.369 e. The Morgan fingerprint density at radius 2 is 2.06 bits per heavy atom. The lowest BCUT2D eigenvalue weighted by atomic mass is 10.3. The summed E-state index contributed by atoms with van der Waals surface area (Å²) in [4.78, 5) is 10.6. The highest BCUT2D eigenvalue weighted by Gasteiger charge is 2.15. The van der Waals surface area contributed by atoms with Crippen molar-refractivity contribution in [1.29, 1.82) is 0 Å². The third kappa shape index (κ3) is 2.15. The van der Waals surface area contributed by atoms with E-state index in [4.69, 9.17) is 4.52 Å². The first-order valence-electron chi connectivity index (χ1n) is 5.68. The molecule has 6 heteroatoms. The zero-order valence-corrected chi connectivity index (χ0v) is 10.6. The molecular formula is C11H17N5O. The average molecular weight is 235 g/mol. The molecule has 17 heavy (non-hydrogen) atoms. The number of fused-ring (bicyclic) bond motifs is 1. The first kappa shape index (κ1) is 11.6. The summed E-state index contributed by atoms with van der Waals surface area (Å²) in [7, 11) is 3.79. The molecule has 0 aromatic carbocycles. The van der Waals surface area contributed by atoms with E-state index >= 15 is 0 Å². The summed E-state index contributed by atoms with van der Waals surface area (Å²) in [5.41, 5.74) is 1.34. The Bertz CT molecular complexity index is 520. The number of anilines is 2. The number of nitrogens with one attached hydrogen (secondary N) is 1. The monoisotopic (exact) mass is 235 g/mol. The van der Waals surface area contributed by atoms with E-state index in [9.17, 15) is 0 Å². The van der Waals surface area contributed by atoms with Gasteiger partial charge in [0.2, 0.25) is 5.95 Å². The SMILES string of the molecule is CCCNc1nc(N(C)C)nc2onc(C)c12. The van der Waals surface area contributed by atoms with Gasteiger partial charge in [0.15, 0.2) is 0 Å². The summed E-state index contributed by atoms with van der Waals surface area (Å²) in [6.45, 7) is 4.87. The van der Waals surface area contributed by atoms with Gasteiger partial charge in [-0.1, -0.05) is 12.1 Å². The van der Waals surface area contributed by atoms with Crippen LogP contribution in [-0.4, -0.2) is 35.8 Å². The summed E-state index contributed by atoms with van der Waals surface area (Å²) >= 11 is 0. The van der Waals surface area contributed by atoms with Crippen molar-refractivity contribution in [3.05, 3.63) is 5.69 Å². The van der Waals surface area contributed by atoms with Crippen LogP contribution in [0.15, 0.2) is 4.52 Å². The Morgan fingerprint density at radius 3 is 2.71 bits per heavy atom. The van der Waals surface area contributed by atoms with Crippen molar-refractivity contribution in [3.8, 4) is 0 Å². The predicted octanol–water partition coefficient (Wildman–Crippen LogP) is 1.81. The van der Waals surface area contributed by atoms with Crippen molar-refractivity contribution in [1.82, 2.24) is 15.1 Å². The molecule has 2 aromatic heterocycles. The second-order valence-corrected chi connectivity index (χ2v) is 4.14. The first-order valence-corrected chi connectivity index (χ1v) is 5.68. The minimum absolute atomic E-state index is 0.528. The maximum absolute atomic E-state index is 5.19. The Kier molecular flexibility index (Phi) is 3.12. The van der Waals surface area contributed by atoms with Gasteiger partial charge in [-0.25, -0.2) is 0 Å². The number of rotatable bonds is 4. The zero-order chi connectivity index (χ0) is 12.4. The predicted molar refractivity (Wildman–Crippen MR) is 67.4 cm³/mol. The van der Waals surface area contributed by atoms with Gasteiger partial charge in [-0.3, -0.25) is 0 Å². The number of hydrogen-bond donors (Lipinski definition) is 1. The lowest BCUT2D eigenvalue weighted by molar-refractivity contribution is 0.442. The van der Waals surface area contributed by atoms with Gasteiger partial charge < -0.3 is 14.7 Å². The molecule has 0 radical (unpaired) electrons. The molecule has 6 nitrogen and oxygen atoms in total. The molecule has 1 N–H and O–H groups in total. The zero-order valence-electron chi connectivity index (χ0n) is 10.6. The smallest absolute Gasteiger partial charge is 0.264 e. The molecule has 2 heterocycles. The van der Waals surface area contributed by atoms with E-state index in [2.05, 4.69) is 27.4 Å². The van der Waals surface area contributed by atoms with Gasteiger partial charge in [0.05, 0.1) is 5.69 Å². The van der Waals surface area contributed by atoms with Gasteiger partial charge in [0, 0.05) is 20.6 Å². The van der Waals surface area contributed by atoms with Crippen molar-refractivity contribution in [2.24, 2.45) is 0 Å². The molecule has 2 aromatic rings. The minimum Gasteiger partial charge on any atom is -0.369 e. The van der Waals surface area contributed by atoms with Crippen LogP contribution in [0.5, 0.6) is 0 Å². The fourth-order valence-corrected chi connectivity index (χ4v) is 1.55. The van der Waals surface area contributed by atoms with Crippen LogP contribution in [-0.2, 0) is 0 Å². The second kappa shape index (κ2) is 4.57. The number of aromatic nitrogens is 3. The summed E-state index contributed by atoms with van der Waals surface area (Å²) in [6, 6.07) is 0. The summed E-state index contributed by atoms with van der Waals surface area (Å²) in [6.07, 6.45) is 1.03. The first-order chi connectivity index (χ1) is 8.13. The van der Waals surface area contributed by atoms with Crippen molar-refractivity contribution >= 4 is 22.9 Å². The summed E-state index contributed by atoms with van der Waals surface area (Å²) in [5, 5.41) is 8.08. The van der Waals surface area contributed by atoms with Gasteiger partial charge in [0.25, 0.3) is 5.71 Å². The number of aryl methyl sites for hydroxylation is 1. The van der Waals surface area contributed by atoms with Crippen molar-refractivity contribution < 1.29 is 4.52 Å². The molecule has 0 aliphatic heterocycles. The van der Waals surface area contributed by atoms with Crippen molar-refractivity contribution in [2.75, 3.05) is 30.9 Å². The Morgan fingerprint density at radius 1 is 1.29 bits per heavy atom. The van der Waals surface area contributed by atoms with Gasteiger partial charge >= 0.3 is 0 Å². The van der Waals surface area contributed by atoms with Crippen molar-refractivity contribution in [3.63, 3.8) is 0 Å². The molecule has 0 aliphatic rings. The molecule has 92 valence electrons. The molecule has 0 bridgehead atoms. The third-order valence-corrected chi connectivity index (χ3v) is 2.44. The van der Waals surface area contributed by atoms with E-state index in [0.717, 1.165) is 29.9 Å². The van der Waals surface area contributed by atoms with E-state index in [-0.39, 0.29) is 0 Å². The van der Waals surface area contributed by atoms with E-state index in [1.54, 1.807) is 0 Å². The van der Waals surface area contributed by atoms with E-state index in [1.807, 2.05) is 25.9 Å². The fourth-order valence-electron chi connectivity index (χ4n) is 1.55. The van der Waals surface area contributed by atoms with E-state index in [0.29, 0.717) is 11.7 Å². The van der Waals surface area contributed by atoms with Gasteiger partial charge in [-0.15, -0.1) is 0 Å². The molecule has 0 unspecified atom stereocenters. The third-order valence-electron chi connectivity index (χ3n) is 2.44. The average Bonchev–Trinajstić information content (AvgIpc) is 2.68. The fraction of sp³-hybridized carbons (Fsp3) is 0.545. The number of nitrogens with zero attached hydrogens (tertiary/aromatic N) is 4.